The number of carbonyl (C=O) groups is 1. The number of hydrogen-bond donors (Lipinski definition) is 1. The molecule has 0 aliphatic heterocycles. The molecule has 0 aliphatic carbocycles. The van der Waals surface area contributed by atoms with E-state index in [1.54, 1.807) is 0 Å². The van der Waals surface area contributed by atoms with Crippen LogP contribution >= 0.6 is 34.8 Å². The average Bonchev–Trinajstić information content (AvgIpc) is 2.80. The highest BCUT2D eigenvalue weighted by Gasteiger charge is 2.11. The first-order valence-electron chi connectivity index (χ1n) is 12.8. The van der Waals surface area contributed by atoms with Crippen molar-refractivity contribution in [2.24, 2.45) is 0 Å². The fourth-order valence-electron chi connectivity index (χ4n) is 3.26. The second kappa shape index (κ2) is 22.5. The molecule has 0 radical (unpaired) electrons. The number of halogens is 3. The van der Waals surface area contributed by atoms with Crippen LogP contribution in [0.1, 0.15) is 104 Å². The van der Waals surface area contributed by atoms with Gasteiger partial charge in [-0.05, 0) is 51.5 Å². The van der Waals surface area contributed by atoms with Crippen molar-refractivity contribution in [2.45, 2.75) is 110 Å². The number of quaternary nitrogens is 1. The van der Waals surface area contributed by atoms with E-state index in [2.05, 4.69) is 24.8 Å². The first kappa shape index (κ1) is 33.1. The van der Waals surface area contributed by atoms with E-state index in [0.29, 0.717) is 0 Å². The Morgan fingerprint density at radius 3 is 1.82 bits per heavy atom. The Hall–Kier alpha value is -0.940. The summed E-state index contributed by atoms with van der Waals surface area (Å²) in [5, 5.41) is 11.1. The molecule has 1 aromatic rings. The molecule has 34 heavy (non-hydrogen) atoms. The fraction of sp³-hybridized carbons (Fsp3) is 0.667. The molecule has 0 fully saturated rings. The zero-order chi connectivity index (χ0) is 25.6. The predicted octanol–water partition coefficient (Wildman–Crippen LogP) is 7.43. The Morgan fingerprint density at radius 1 is 0.853 bits per heavy atom. The lowest BCUT2D eigenvalue weighted by molar-refractivity contribution is -0.368. The standard InChI is InChI=1S/C18H37N.C9H7Cl3O3/c1-2-3-4-5-6-7-8-9-10-11-12-13-14-15-16-17-18-19;1-4(9(13)14)15-8-3-6(11)5(10)2-7(8)12/h9-10H,2-8,11-19H2,1H3;2-4H,1H3,(H,13,14). The van der Waals surface area contributed by atoms with Crippen LogP contribution in [0.25, 0.3) is 0 Å². The highest BCUT2D eigenvalue weighted by Crippen LogP contribution is 2.34. The summed E-state index contributed by atoms with van der Waals surface area (Å²) >= 11 is 17.2. The van der Waals surface area contributed by atoms with Crippen LogP contribution in [0.5, 0.6) is 5.75 Å². The van der Waals surface area contributed by atoms with E-state index in [4.69, 9.17) is 39.5 Å². The summed E-state index contributed by atoms with van der Waals surface area (Å²) in [5.41, 5.74) is 3.88. The van der Waals surface area contributed by atoms with Gasteiger partial charge in [0.15, 0.2) is 0 Å². The smallest absolute Gasteiger partial charge is 0.140 e. The van der Waals surface area contributed by atoms with Crippen molar-refractivity contribution in [3.8, 4) is 5.75 Å². The van der Waals surface area contributed by atoms with Gasteiger partial charge in [0.25, 0.3) is 0 Å². The maximum atomic E-state index is 10.4. The summed E-state index contributed by atoms with van der Waals surface area (Å²) < 4.78 is 5.01. The monoisotopic (exact) mass is 535 g/mol. The van der Waals surface area contributed by atoms with Gasteiger partial charge in [-0.15, -0.1) is 0 Å². The minimum absolute atomic E-state index is 0.155. The molecule has 0 heterocycles. The molecule has 0 aliphatic rings. The molecule has 0 spiro atoms. The maximum Gasteiger partial charge on any atom is 0.140 e. The third-order valence-corrected chi connectivity index (χ3v) is 6.39. The Balaban J connectivity index is 0.000000657. The summed E-state index contributed by atoms with van der Waals surface area (Å²) in [6.07, 6.45) is 23.1. The molecule has 0 bridgehead atoms. The highest BCUT2D eigenvalue weighted by molar-refractivity contribution is 6.43. The lowest BCUT2D eigenvalue weighted by Crippen LogP contribution is -2.50. The van der Waals surface area contributed by atoms with Crippen LogP contribution in [0.3, 0.4) is 0 Å². The summed E-state index contributed by atoms with van der Waals surface area (Å²) in [5.74, 6) is -1.18. The van der Waals surface area contributed by atoms with Gasteiger partial charge in [-0.25, -0.2) is 0 Å². The molecular formula is C27H44Cl3NO3. The van der Waals surface area contributed by atoms with Gasteiger partial charge in [-0.3, -0.25) is 0 Å². The van der Waals surface area contributed by atoms with Crippen LogP contribution in [0, 0.1) is 0 Å². The van der Waals surface area contributed by atoms with Gasteiger partial charge in [0.05, 0.1) is 27.6 Å². The average molecular weight is 537 g/mol. The maximum absolute atomic E-state index is 10.4. The van der Waals surface area contributed by atoms with Gasteiger partial charge in [0.2, 0.25) is 0 Å². The van der Waals surface area contributed by atoms with Crippen molar-refractivity contribution in [3.63, 3.8) is 0 Å². The molecule has 0 saturated heterocycles. The van der Waals surface area contributed by atoms with Crippen LogP contribution in [0.2, 0.25) is 15.1 Å². The number of rotatable bonds is 18. The lowest BCUT2D eigenvalue weighted by Gasteiger charge is -2.16. The van der Waals surface area contributed by atoms with Crippen molar-refractivity contribution in [1.82, 2.24) is 0 Å². The van der Waals surface area contributed by atoms with Crippen LogP contribution in [0.15, 0.2) is 24.3 Å². The van der Waals surface area contributed by atoms with Crippen molar-refractivity contribution >= 4 is 40.8 Å². The van der Waals surface area contributed by atoms with E-state index >= 15 is 0 Å². The Labute approximate surface area is 222 Å². The Kier molecular flexibility index (Phi) is 21.9. The summed E-state index contributed by atoms with van der Waals surface area (Å²) in [6.45, 7) is 4.72. The second-order valence-corrected chi connectivity index (χ2v) is 9.79. The third-order valence-electron chi connectivity index (χ3n) is 5.37. The van der Waals surface area contributed by atoms with E-state index < -0.39 is 12.1 Å². The van der Waals surface area contributed by atoms with Crippen molar-refractivity contribution in [3.05, 3.63) is 39.4 Å². The summed E-state index contributed by atoms with van der Waals surface area (Å²) in [4.78, 5) is 10.4. The minimum atomic E-state index is -1.34. The molecule has 1 rings (SSSR count). The number of carbonyl (C=O) groups excluding carboxylic acids is 1. The largest absolute Gasteiger partial charge is 0.546 e. The van der Waals surface area contributed by atoms with E-state index in [1.165, 1.54) is 109 Å². The Bertz CT molecular complexity index is 683. The number of unbranched alkanes of at least 4 members (excludes halogenated alkanes) is 12. The van der Waals surface area contributed by atoms with Crippen molar-refractivity contribution in [2.75, 3.05) is 6.54 Å². The molecular weight excluding hydrogens is 493 g/mol. The van der Waals surface area contributed by atoms with Gasteiger partial charge in [-0.1, -0.05) is 105 Å². The first-order chi connectivity index (χ1) is 16.3. The normalized spacial score (nSPS) is 11.8. The fourth-order valence-corrected chi connectivity index (χ4v) is 3.84. The van der Waals surface area contributed by atoms with E-state index in [1.807, 2.05) is 0 Å². The van der Waals surface area contributed by atoms with E-state index in [9.17, 15) is 9.90 Å². The number of carboxylic acids is 1. The zero-order valence-corrected chi connectivity index (χ0v) is 23.3. The molecule has 7 heteroatoms. The summed E-state index contributed by atoms with van der Waals surface area (Å²) in [6, 6.07) is 2.73. The van der Waals surface area contributed by atoms with Crippen LogP contribution in [-0.4, -0.2) is 18.6 Å². The van der Waals surface area contributed by atoms with Crippen molar-refractivity contribution < 1.29 is 20.4 Å². The van der Waals surface area contributed by atoms with Gasteiger partial charge < -0.3 is 20.4 Å². The first-order valence-corrected chi connectivity index (χ1v) is 13.9. The van der Waals surface area contributed by atoms with Crippen LogP contribution in [0.4, 0.5) is 0 Å². The number of carboxylic acid groups (broad SMARTS) is 1. The Morgan fingerprint density at radius 2 is 1.32 bits per heavy atom. The van der Waals surface area contributed by atoms with Crippen LogP contribution < -0.4 is 15.6 Å². The quantitative estimate of drug-likeness (QED) is 0.120. The highest BCUT2D eigenvalue weighted by atomic mass is 35.5. The molecule has 196 valence electrons. The van der Waals surface area contributed by atoms with Gasteiger partial charge in [-0.2, -0.15) is 0 Å². The summed E-state index contributed by atoms with van der Waals surface area (Å²) in [7, 11) is 0. The number of ether oxygens (including phenoxy) is 1. The molecule has 3 N–H and O–H groups in total. The zero-order valence-electron chi connectivity index (χ0n) is 21.1. The van der Waals surface area contributed by atoms with Gasteiger partial charge in [0, 0.05) is 6.07 Å². The van der Waals surface area contributed by atoms with Gasteiger partial charge in [0.1, 0.15) is 11.9 Å². The molecule has 0 amide bonds. The molecule has 4 nitrogen and oxygen atoms in total. The molecule has 0 aromatic heterocycles. The molecule has 1 atom stereocenters. The SMILES string of the molecule is CC(Oc1cc(Cl)c(Cl)cc1Cl)C(=O)[O-].CCCCCCCCC=CCCCCCCCC[NH3+]. The number of allylic oxidation sites excluding steroid dienone is 2. The van der Waals surface area contributed by atoms with E-state index in [-0.39, 0.29) is 20.8 Å². The third kappa shape index (κ3) is 18.4. The number of hydrogen-bond acceptors (Lipinski definition) is 3. The molecule has 0 saturated carbocycles. The minimum Gasteiger partial charge on any atom is -0.546 e. The van der Waals surface area contributed by atoms with Crippen molar-refractivity contribution in [1.29, 1.82) is 0 Å². The lowest BCUT2D eigenvalue weighted by atomic mass is 10.1. The molecule has 1 aromatic carbocycles. The molecule has 1 unspecified atom stereocenters. The second-order valence-electron chi connectivity index (χ2n) is 8.57. The van der Waals surface area contributed by atoms with E-state index in [0.717, 1.165) is 6.54 Å². The van der Waals surface area contributed by atoms with Gasteiger partial charge >= 0.3 is 0 Å². The number of aliphatic carboxylic acids is 1. The number of benzene rings is 1. The van der Waals surface area contributed by atoms with Crippen LogP contribution in [-0.2, 0) is 4.79 Å². The topological polar surface area (TPSA) is 77.0 Å². The predicted molar refractivity (Wildman–Crippen MR) is 144 cm³/mol.